The molecular formula is C49H40F6N4. The van der Waals surface area contributed by atoms with Gasteiger partial charge in [-0.2, -0.15) is 26.3 Å². The molecule has 2 heterocycles. The minimum absolute atomic E-state index is 0.0753. The van der Waals surface area contributed by atoms with Gasteiger partial charge in [0, 0.05) is 33.2 Å². The molecular weight excluding hydrogens is 759 g/mol. The Bertz CT molecular complexity index is 2700. The molecule has 0 aliphatic heterocycles. The van der Waals surface area contributed by atoms with Crippen LogP contribution in [0.1, 0.15) is 63.8 Å². The molecule has 0 aliphatic carbocycles. The highest BCUT2D eigenvalue weighted by Crippen LogP contribution is 2.43. The summed E-state index contributed by atoms with van der Waals surface area (Å²) < 4.78 is 87.9. The number of fused-ring (bicyclic) bond motifs is 3. The predicted molar refractivity (Wildman–Crippen MR) is 223 cm³/mol. The first-order valence-electron chi connectivity index (χ1n) is 19.2. The fourth-order valence-corrected chi connectivity index (χ4v) is 7.38. The van der Waals surface area contributed by atoms with Gasteiger partial charge in [0.1, 0.15) is 0 Å². The summed E-state index contributed by atoms with van der Waals surface area (Å²) in [7, 11) is 0. The van der Waals surface area contributed by atoms with Crippen molar-refractivity contribution in [2.45, 2.75) is 64.7 Å². The number of benzene rings is 6. The van der Waals surface area contributed by atoms with Crippen LogP contribution in [0.4, 0.5) is 26.3 Å². The smallest absolute Gasteiger partial charge is 0.309 e. The molecule has 0 fully saturated rings. The van der Waals surface area contributed by atoms with E-state index in [1.54, 1.807) is 18.2 Å². The average Bonchev–Trinajstić information content (AvgIpc) is 3.53. The van der Waals surface area contributed by atoms with Gasteiger partial charge in [-0.05, 0) is 87.7 Å². The first-order valence-corrected chi connectivity index (χ1v) is 19.2. The Balaban J connectivity index is 1.47. The van der Waals surface area contributed by atoms with E-state index in [4.69, 9.17) is 15.0 Å². The summed E-state index contributed by atoms with van der Waals surface area (Å²) in [6.07, 6.45) is -10.1. The minimum Gasteiger partial charge on any atom is -0.309 e. The maximum absolute atomic E-state index is 14.3. The quantitative estimate of drug-likeness (QED) is 0.163. The summed E-state index contributed by atoms with van der Waals surface area (Å²) in [5.74, 6) is 0.644. The second kappa shape index (κ2) is 14.2. The van der Waals surface area contributed by atoms with Crippen molar-refractivity contribution in [3.05, 3.63) is 156 Å². The lowest BCUT2D eigenvalue weighted by atomic mass is 9.85. The van der Waals surface area contributed by atoms with Crippen LogP contribution in [0.2, 0.25) is 0 Å². The molecule has 4 nitrogen and oxygen atoms in total. The van der Waals surface area contributed by atoms with Crippen LogP contribution in [0.25, 0.3) is 72.8 Å². The fraction of sp³-hybridized carbons (Fsp3) is 0.204. The van der Waals surface area contributed by atoms with Crippen LogP contribution < -0.4 is 0 Å². The van der Waals surface area contributed by atoms with Gasteiger partial charge in [-0.3, -0.25) is 0 Å². The molecule has 0 spiro atoms. The van der Waals surface area contributed by atoms with Gasteiger partial charge in [0.25, 0.3) is 0 Å². The predicted octanol–water partition coefficient (Wildman–Crippen LogP) is 14.3. The number of nitrogens with zero attached hydrogens (tertiary/aromatic N) is 4. The Morgan fingerprint density at radius 1 is 0.390 bits per heavy atom. The molecule has 8 rings (SSSR count). The fourth-order valence-electron chi connectivity index (χ4n) is 7.38. The zero-order valence-electron chi connectivity index (χ0n) is 33.3. The average molecular weight is 799 g/mol. The Kier molecular flexibility index (Phi) is 9.53. The molecule has 10 heteroatoms. The van der Waals surface area contributed by atoms with Gasteiger partial charge in [0.05, 0.1) is 22.2 Å². The van der Waals surface area contributed by atoms with Gasteiger partial charge < -0.3 is 4.57 Å². The number of aromatic nitrogens is 4. The number of alkyl halides is 6. The summed E-state index contributed by atoms with van der Waals surface area (Å²) in [4.78, 5) is 14.5. The van der Waals surface area contributed by atoms with E-state index in [-0.39, 0.29) is 51.1 Å². The molecule has 0 bridgehead atoms. The highest BCUT2D eigenvalue weighted by atomic mass is 19.4. The first-order chi connectivity index (χ1) is 27.8. The van der Waals surface area contributed by atoms with Crippen molar-refractivity contribution < 1.29 is 26.3 Å². The molecule has 298 valence electrons. The normalized spacial score (nSPS) is 12.7. The van der Waals surface area contributed by atoms with Crippen LogP contribution in [0, 0.1) is 0 Å². The second-order valence-corrected chi connectivity index (χ2v) is 16.9. The number of rotatable bonds is 5. The summed E-state index contributed by atoms with van der Waals surface area (Å²) >= 11 is 0. The molecule has 0 aliphatic rings. The molecule has 0 amide bonds. The molecule has 0 unspecified atom stereocenters. The maximum Gasteiger partial charge on any atom is 0.416 e. The van der Waals surface area contributed by atoms with Gasteiger partial charge in [0.2, 0.25) is 0 Å². The standard InChI is InChI=1S/C49H40F6N4/c1-46(2,3)32-17-21-41-38(26-32)39-27-33(47(4,5)6)18-22-42(39)59(41)36-19-20-37(31-23-34(48(50,51)52)25-35(24-31)49(53,54)55)40(28-36)45-57-43(29-13-9-7-10-14-29)56-44(58-45)30-15-11-8-12-16-30/h7-28H,1-6H3. The van der Waals surface area contributed by atoms with Gasteiger partial charge >= 0.3 is 12.4 Å². The van der Waals surface area contributed by atoms with E-state index in [2.05, 4.69) is 82.5 Å². The Morgan fingerprint density at radius 3 is 1.25 bits per heavy atom. The third-order valence-electron chi connectivity index (χ3n) is 10.6. The van der Waals surface area contributed by atoms with Crippen molar-refractivity contribution in [2.24, 2.45) is 0 Å². The maximum atomic E-state index is 14.3. The Morgan fingerprint density at radius 2 is 0.831 bits per heavy atom. The van der Waals surface area contributed by atoms with E-state index < -0.39 is 23.5 Å². The first kappa shape index (κ1) is 39.5. The Hall–Kier alpha value is -6.29. The van der Waals surface area contributed by atoms with Gasteiger partial charge in [-0.1, -0.05) is 120 Å². The molecule has 0 saturated carbocycles. The van der Waals surface area contributed by atoms with E-state index >= 15 is 0 Å². The van der Waals surface area contributed by atoms with Crippen LogP contribution in [-0.4, -0.2) is 19.5 Å². The topological polar surface area (TPSA) is 43.6 Å². The van der Waals surface area contributed by atoms with E-state index in [1.807, 2.05) is 60.7 Å². The molecule has 8 aromatic rings. The lowest BCUT2D eigenvalue weighted by Gasteiger charge is -2.19. The van der Waals surface area contributed by atoms with Gasteiger partial charge in [-0.25, -0.2) is 15.0 Å². The zero-order valence-corrected chi connectivity index (χ0v) is 33.3. The number of halogens is 6. The van der Waals surface area contributed by atoms with Crippen molar-refractivity contribution in [3.63, 3.8) is 0 Å². The van der Waals surface area contributed by atoms with Crippen molar-refractivity contribution in [3.8, 4) is 51.0 Å². The van der Waals surface area contributed by atoms with Crippen molar-refractivity contribution in [1.82, 2.24) is 19.5 Å². The van der Waals surface area contributed by atoms with E-state index in [0.717, 1.165) is 45.1 Å². The van der Waals surface area contributed by atoms with Crippen LogP contribution in [0.5, 0.6) is 0 Å². The van der Waals surface area contributed by atoms with Crippen LogP contribution >= 0.6 is 0 Å². The van der Waals surface area contributed by atoms with Crippen LogP contribution in [-0.2, 0) is 23.2 Å². The molecule has 59 heavy (non-hydrogen) atoms. The van der Waals surface area contributed by atoms with Crippen LogP contribution in [0.3, 0.4) is 0 Å². The lowest BCUT2D eigenvalue weighted by molar-refractivity contribution is -0.143. The minimum atomic E-state index is -5.05. The molecule has 6 aromatic carbocycles. The largest absolute Gasteiger partial charge is 0.416 e. The monoisotopic (exact) mass is 798 g/mol. The molecule has 0 atom stereocenters. The summed E-state index contributed by atoms with van der Waals surface area (Å²) in [6.45, 7) is 12.9. The van der Waals surface area contributed by atoms with Crippen LogP contribution in [0.15, 0.2) is 133 Å². The van der Waals surface area contributed by atoms with E-state index in [0.29, 0.717) is 16.8 Å². The van der Waals surface area contributed by atoms with Crippen molar-refractivity contribution >= 4 is 21.8 Å². The number of hydrogen-bond donors (Lipinski definition) is 0. The molecule has 0 radical (unpaired) electrons. The molecule has 2 aromatic heterocycles. The highest BCUT2D eigenvalue weighted by molar-refractivity contribution is 6.10. The highest BCUT2D eigenvalue weighted by Gasteiger charge is 2.37. The van der Waals surface area contributed by atoms with E-state index in [9.17, 15) is 26.3 Å². The third kappa shape index (κ3) is 7.71. The molecule has 0 saturated heterocycles. The van der Waals surface area contributed by atoms with Gasteiger partial charge in [-0.15, -0.1) is 0 Å². The van der Waals surface area contributed by atoms with E-state index in [1.165, 1.54) is 0 Å². The number of hydrogen-bond acceptors (Lipinski definition) is 3. The SMILES string of the molecule is CC(C)(C)c1ccc2c(c1)c1cc(C(C)(C)C)ccc1n2-c1ccc(-c2cc(C(F)(F)F)cc(C(F)(F)F)c2)c(-c2nc(-c3ccccc3)nc(-c3ccccc3)n2)c1. The van der Waals surface area contributed by atoms with Crippen molar-refractivity contribution in [2.75, 3.05) is 0 Å². The lowest BCUT2D eigenvalue weighted by Crippen LogP contribution is -2.11. The summed E-state index contributed by atoms with van der Waals surface area (Å²) in [5.41, 5.74) is 2.82. The van der Waals surface area contributed by atoms with Crippen molar-refractivity contribution in [1.29, 1.82) is 0 Å². The molecule has 0 N–H and O–H groups in total. The summed E-state index contributed by atoms with van der Waals surface area (Å²) in [6, 6.07) is 37.6. The summed E-state index contributed by atoms with van der Waals surface area (Å²) in [5, 5.41) is 2.02. The second-order valence-electron chi connectivity index (χ2n) is 16.9. The third-order valence-corrected chi connectivity index (χ3v) is 10.6. The Labute approximate surface area is 338 Å². The zero-order chi connectivity index (χ0) is 42.1. The van der Waals surface area contributed by atoms with Gasteiger partial charge in [0.15, 0.2) is 17.5 Å².